The van der Waals surface area contributed by atoms with E-state index >= 15 is 0 Å². The Morgan fingerprint density at radius 2 is 1.95 bits per heavy atom. The fraction of sp³-hybridized carbons (Fsp3) is 0.647. The van der Waals surface area contributed by atoms with Crippen LogP contribution in [0.1, 0.15) is 40.5 Å². The van der Waals surface area contributed by atoms with Gasteiger partial charge >= 0.3 is 0 Å². The summed E-state index contributed by atoms with van der Waals surface area (Å²) in [6.07, 6.45) is 1.94. The minimum atomic E-state index is -0.0329. The summed E-state index contributed by atoms with van der Waals surface area (Å²) in [7, 11) is 0. The molecule has 0 aromatic heterocycles. The highest BCUT2D eigenvalue weighted by Gasteiger charge is 2.24. The lowest BCUT2D eigenvalue weighted by molar-refractivity contribution is 0.127. The van der Waals surface area contributed by atoms with E-state index in [1.165, 1.54) is 0 Å². The molecule has 0 fully saturated rings. The van der Waals surface area contributed by atoms with Gasteiger partial charge in [-0.25, -0.2) is 0 Å². The number of benzene rings is 1. The van der Waals surface area contributed by atoms with Gasteiger partial charge in [-0.1, -0.05) is 33.8 Å². The van der Waals surface area contributed by atoms with Crippen LogP contribution >= 0.6 is 0 Å². The van der Waals surface area contributed by atoms with Crippen molar-refractivity contribution in [3.05, 3.63) is 24.3 Å². The Morgan fingerprint density at radius 3 is 2.50 bits per heavy atom. The summed E-state index contributed by atoms with van der Waals surface area (Å²) >= 11 is 0. The molecule has 0 aliphatic rings. The summed E-state index contributed by atoms with van der Waals surface area (Å²) in [5.74, 6) is 1.42. The molecule has 0 unspecified atom stereocenters. The van der Waals surface area contributed by atoms with Crippen LogP contribution in [0, 0.1) is 11.3 Å². The summed E-state index contributed by atoms with van der Waals surface area (Å²) in [6.45, 7) is 10.3. The average molecular weight is 279 g/mol. The van der Waals surface area contributed by atoms with Crippen LogP contribution < -0.4 is 10.1 Å². The Labute approximate surface area is 123 Å². The molecule has 3 heteroatoms. The summed E-state index contributed by atoms with van der Waals surface area (Å²) in [6, 6.07) is 8.04. The van der Waals surface area contributed by atoms with E-state index in [4.69, 9.17) is 4.74 Å². The normalized spacial score (nSPS) is 11.7. The van der Waals surface area contributed by atoms with Gasteiger partial charge in [0, 0.05) is 23.7 Å². The molecule has 0 aliphatic heterocycles. The van der Waals surface area contributed by atoms with Gasteiger partial charge in [-0.3, -0.25) is 0 Å². The molecule has 1 aromatic rings. The number of aliphatic hydroxyl groups excluding tert-OH is 1. The van der Waals surface area contributed by atoms with E-state index in [1.54, 1.807) is 0 Å². The first kappa shape index (κ1) is 16.8. The maximum atomic E-state index is 9.59. The molecule has 0 atom stereocenters. The summed E-state index contributed by atoms with van der Waals surface area (Å²) in [5.41, 5.74) is 1.01. The quantitative estimate of drug-likeness (QED) is 0.719. The van der Waals surface area contributed by atoms with Crippen molar-refractivity contribution in [3.8, 4) is 5.75 Å². The standard InChI is InChI=1S/C17H29NO2/c1-5-17(6-2,13-19)12-18-15-8-7-9-16(10-15)20-11-14(3)4/h7-10,14,18-19H,5-6,11-13H2,1-4H3. The first-order valence-corrected chi connectivity index (χ1v) is 7.63. The van der Waals surface area contributed by atoms with Gasteiger partial charge in [-0.05, 0) is 30.9 Å². The summed E-state index contributed by atoms with van der Waals surface area (Å²) < 4.78 is 5.73. The van der Waals surface area contributed by atoms with Crippen molar-refractivity contribution in [1.82, 2.24) is 0 Å². The molecule has 3 nitrogen and oxygen atoms in total. The minimum absolute atomic E-state index is 0.0329. The Bertz CT molecular complexity index is 378. The molecular weight excluding hydrogens is 250 g/mol. The third-order valence-electron chi connectivity index (χ3n) is 3.92. The predicted octanol–water partition coefficient (Wildman–Crippen LogP) is 3.93. The van der Waals surface area contributed by atoms with Crippen molar-refractivity contribution in [2.45, 2.75) is 40.5 Å². The SMILES string of the molecule is CCC(CC)(CO)CNc1cccc(OCC(C)C)c1. The predicted molar refractivity (Wildman–Crippen MR) is 85.4 cm³/mol. The van der Waals surface area contributed by atoms with Crippen molar-refractivity contribution in [2.24, 2.45) is 11.3 Å². The van der Waals surface area contributed by atoms with Crippen LogP contribution in [0.5, 0.6) is 5.75 Å². The van der Waals surface area contributed by atoms with Crippen LogP contribution in [-0.4, -0.2) is 24.9 Å². The molecule has 1 rings (SSSR count). The van der Waals surface area contributed by atoms with Crippen molar-refractivity contribution in [1.29, 1.82) is 0 Å². The van der Waals surface area contributed by atoms with Crippen LogP contribution in [-0.2, 0) is 0 Å². The van der Waals surface area contributed by atoms with E-state index in [2.05, 4.69) is 33.0 Å². The topological polar surface area (TPSA) is 41.5 Å². The van der Waals surface area contributed by atoms with Gasteiger partial charge in [0.25, 0.3) is 0 Å². The Hall–Kier alpha value is -1.22. The number of hydrogen-bond donors (Lipinski definition) is 2. The highest BCUT2D eigenvalue weighted by atomic mass is 16.5. The van der Waals surface area contributed by atoms with Crippen LogP contribution in [0.3, 0.4) is 0 Å². The number of ether oxygens (including phenoxy) is 1. The van der Waals surface area contributed by atoms with E-state index in [9.17, 15) is 5.11 Å². The van der Waals surface area contributed by atoms with Crippen molar-refractivity contribution in [2.75, 3.05) is 25.1 Å². The van der Waals surface area contributed by atoms with Crippen LogP contribution in [0.15, 0.2) is 24.3 Å². The molecule has 0 aliphatic carbocycles. The van der Waals surface area contributed by atoms with Crippen molar-refractivity contribution < 1.29 is 9.84 Å². The molecule has 0 heterocycles. The largest absolute Gasteiger partial charge is 0.493 e. The molecule has 0 bridgehead atoms. The fourth-order valence-electron chi connectivity index (χ4n) is 2.03. The van der Waals surface area contributed by atoms with Crippen molar-refractivity contribution in [3.63, 3.8) is 0 Å². The summed E-state index contributed by atoms with van der Waals surface area (Å²) in [5, 5.41) is 13.0. The molecule has 20 heavy (non-hydrogen) atoms. The zero-order chi connectivity index (χ0) is 15.0. The second-order valence-corrected chi connectivity index (χ2v) is 5.95. The van der Waals surface area contributed by atoms with Gasteiger partial charge in [0.1, 0.15) is 5.75 Å². The van der Waals surface area contributed by atoms with E-state index in [0.717, 1.165) is 37.4 Å². The van der Waals surface area contributed by atoms with E-state index in [0.29, 0.717) is 5.92 Å². The van der Waals surface area contributed by atoms with Gasteiger partial charge in [0.15, 0.2) is 0 Å². The maximum Gasteiger partial charge on any atom is 0.121 e. The van der Waals surface area contributed by atoms with E-state index in [-0.39, 0.29) is 12.0 Å². The molecular formula is C17H29NO2. The Kier molecular flexibility index (Phi) is 6.86. The highest BCUT2D eigenvalue weighted by molar-refractivity contribution is 5.48. The number of hydrogen-bond acceptors (Lipinski definition) is 3. The van der Waals surface area contributed by atoms with Gasteiger partial charge in [0.2, 0.25) is 0 Å². The zero-order valence-electron chi connectivity index (χ0n) is 13.3. The van der Waals surface area contributed by atoms with Crippen molar-refractivity contribution >= 4 is 5.69 Å². The Morgan fingerprint density at radius 1 is 1.25 bits per heavy atom. The highest BCUT2D eigenvalue weighted by Crippen LogP contribution is 2.27. The van der Waals surface area contributed by atoms with Crippen LogP contribution in [0.25, 0.3) is 0 Å². The number of anilines is 1. The molecule has 0 saturated carbocycles. The van der Waals surface area contributed by atoms with Crippen LogP contribution in [0.4, 0.5) is 5.69 Å². The summed E-state index contributed by atoms with van der Waals surface area (Å²) in [4.78, 5) is 0. The molecule has 0 spiro atoms. The lowest BCUT2D eigenvalue weighted by Crippen LogP contribution is -2.32. The Balaban J connectivity index is 2.61. The molecule has 2 N–H and O–H groups in total. The third-order valence-corrected chi connectivity index (χ3v) is 3.92. The second-order valence-electron chi connectivity index (χ2n) is 5.95. The molecule has 0 radical (unpaired) electrons. The monoisotopic (exact) mass is 279 g/mol. The fourth-order valence-corrected chi connectivity index (χ4v) is 2.03. The third kappa shape index (κ3) is 5.04. The van der Waals surface area contributed by atoms with Gasteiger partial charge in [0.05, 0.1) is 13.2 Å². The first-order valence-electron chi connectivity index (χ1n) is 7.63. The molecule has 0 amide bonds. The van der Waals surface area contributed by atoms with Crippen LogP contribution in [0.2, 0.25) is 0 Å². The lowest BCUT2D eigenvalue weighted by atomic mass is 9.83. The van der Waals surface area contributed by atoms with Gasteiger partial charge in [-0.15, -0.1) is 0 Å². The molecule has 0 saturated heterocycles. The first-order chi connectivity index (χ1) is 9.55. The minimum Gasteiger partial charge on any atom is -0.493 e. The number of aliphatic hydroxyl groups is 1. The molecule has 1 aromatic carbocycles. The number of rotatable bonds is 9. The second kappa shape index (κ2) is 8.15. The average Bonchev–Trinajstić information content (AvgIpc) is 2.48. The van der Waals surface area contributed by atoms with Gasteiger partial charge in [-0.2, -0.15) is 0 Å². The smallest absolute Gasteiger partial charge is 0.121 e. The van der Waals surface area contributed by atoms with E-state index in [1.807, 2.05) is 24.3 Å². The molecule has 114 valence electrons. The van der Waals surface area contributed by atoms with E-state index < -0.39 is 0 Å². The maximum absolute atomic E-state index is 9.59. The van der Waals surface area contributed by atoms with Gasteiger partial charge < -0.3 is 15.2 Å². The lowest BCUT2D eigenvalue weighted by Gasteiger charge is -2.30. The number of nitrogens with one attached hydrogen (secondary N) is 1. The zero-order valence-corrected chi connectivity index (χ0v) is 13.3.